The zero-order valence-corrected chi connectivity index (χ0v) is 15.1. The maximum Gasteiger partial charge on any atom is 0.435 e. The van der Waals surface area contributed by atoms with Crippen molar-refractivity contribution >= 4 is 5.91 Å². The minimum atomic E-state index is -4.67. The van der Waals surface area contributed by atoms with E-state index in [0.29, 0.717) is 19.4 Å². The summed E-state index contributed by atoms with van der Waals surface area (Å²) in [6.45, 7) is 3.98. The molecule has 0 bridgehead atoms. The van der Waals surface area contributed by atoms with E-state index in [2.05, 4.69) is 15.3 Å². The van der Waals surface area contributed by atoms with Gasteiger partial charge in [0, 0.05) is 18.8 Å². The topological polar surface area (TPSA) is 59.4 Å². The van der Waals surface area contributed by atoms with Crippen LogP contribution in [0.4, 0.5) is 13.2 Å². The molecule has 26 heavy (non-hydrogen) atoms. The minimum absolute atomic E-state index is 0.119. The highest BCUT2D eigenvalue weighted by atomic mass is 19.4. The van der Waals surface area contributed by atoms with Crippen LogP contribution < -0.4 is 5.32 Å². The van der Waals surface area contributed by atoms with Gasteiger partial charge in [0.2, 0.25) is 0 Å². The van der Waals surface area contributed by atoms with E-state index >= 15 is 0 Å². The molecular formula is C17H25F3N4O2. The van der Waals surface area contributed by atoms with Crippen molar-refractivity contribution in [3.05, 3.63) is 17.0 Å². The molecule has 0 aliphatic carbocycles. The molecule has 0 radical (unpaired) electrons. The molecule has 9 heteroatoms. The fraction of sp³-hybridized carbons (Fsp3) is 0.765. The Kier molecular flexibility index (Phi) is 5.57. The van der Waals surface area contributed by atoms with Crippen LogP contribution in [-0.4, -0.2) is 60.0 Å². The SMILES string of the molecule is Cc1c(C(=O)NCC2CCCO2)c(C(F)(F)F)nn1C1CCN(C)CC1. The average molecular weight is 374 g/mol. The first-order chi connectivity index (χ1) is 12.3. The summed E-state index contributed by atoms with van der Waals surface area (Å²) in [6.07, 6.45) is -1.65. The number of hydrogen-bond acceptors (Lipinski definition) is 4. The van der Waals surface area contributed by atoms with Crippen molar-refractivity contribution in [2.24, 2.45) is 0 Å². The first kappa shape index (κ1) is 19.2. The maximum atomic E-state index is 13.5. The molecular weight excluding hydrogens is 349 g/mol. The lowest BCUT2D eigenvalue weighted by molar-refractivity contribution is -0.142. The number of likely N-dealkylation sites (tertiary alicyclic amines) is 1. The molecule has 3 rings (SSSR count). The number of piperidine rings is 1. The van der Waals surface area contributed by atoms with Gasteiger partial charge in [0.1, 0.15) is 0 Å². The summed E-state index contributed by atoms with van der Waals surface area (Å²) in [5.41, 5.74) is -1.19. The predicted molar refractivity (Wildman–Crippen MR) is 89.0 cm³/mol. The normalized spacial score (nSPS) is 22.7. The molecule has 0 saturated carbocycles. The smallest absolute Gasteiger partial charge is 0.376 e. The van der Waals surface area contributed by atoms with Gasteiger partial charge in [-0.05, 0) is 52.7 Å². The fourth-order valence-electron chi connectivity index (χ4n) is 3.68. The third kappa shape index (κ3) is 4.03. The highest BCUT2D eigenvalue weighted by Crippen LogP contribution is 2.35. The van der Waals surface area contributed by atoms with Crippen molar-refractivity contribution in [3.8, 4) is 0 Å². The van der Waals surface area contributed by atoms with Gasteiger partial charge in [-0.2, -0.15) is 18.3 Å². The summed E-state index contributed by atoms with van der Waals surface area (Å²) in [5, 5.41) is 6.40. The van der Waals surface area contributed by atoms with Crippen molar-refractivity contribution in [2.75, 3.05) is 33.3 Å². The predicted octanol–water partition coefficient (Wildman–Crippen LogP) is 2.39. The molecule has 1 N–H and O–H groups in total. The van der Waals surface area contributed by atoms with Gasteiger partial charge >= 0.3 is 6.18 Å². The molecule has 1 aromatic rings. The first-order valence-corrected chi connectivity index (χ1v) is 9.02. The van der Waals surface area contributed by atoms with Gasteiger partial charge in [-0.1, -0.05) is 0 Å². The highest BCUT2D eigenvalue weighted by molar-refractivity contribution is 5.96. The molecule has 0 spiro atoms. The van der Waals surface area contributed by atoms with E-state index in [0.717, 1.165) is 25.9 Å². The van der Waals surface area contributed by atoms with E-state index in [9.17, 15) is 18.0 Å². The second kappa shape index (κ2) is 7.56. The lowest BCUT2D eigenvalue weighted by Gasteiger charge is -2.29. The molecule has 1 aromatic heterocycles. The number of aromatic nitrogens is 2. The standard InChI is InChI=1S/C17H25F3N4O2/c1-11-14(16(25)21-10-13-4-3-9-26-13)15(17(18,19)20)22-24(11)12-5-7-23(2)8-6-12/h12-13H,3-10H2,1-2H3,(H,21,25). The van der Waals surface area contributed by atoms with Crippen molar-refractivity contribution in [2.45, 2.75) is 50.9 Å². The Morgan fingerprint density at radius 1 is 1.31 bits per heavy atom. The van der Waals surface area contributed by atoms with Crippen molar-refractivity contribution in [1.82, 2.24) is 20.0 Å². The summed E-state index contributed by atoms with van der Waals surface area (Å²) >= 11 is 0. The summed E-state index contributed by atoms with van der Waals surface area (Å²) in [6, 6.07) is -0.119. The van der Waals surface area contributed by atoms with E-state index in [1.54, 1.807) is 6.92 Å². The van der Waals surface area contributed by atoms with Gasteiger partial charge in [-0.25, -0.2) is 0 Å². The molecule has 0 aromatic carbocycles. The van der Waals surface area contributed by atoms with Gasteiger partial charge < -0.3 is 15.0 Å². The number of carbonyl (C=O) groups is 1. The van der Waals surface area contributed by atoms with E-state index in [1.807, 2.05) is 7.05 Å². The number of ether oxygens (including phenoxy) is 1. The molecule has 146 valence electrons. The Labute approximate surface area is 150 Å². The zero-order chi connectivity index (χ0) is 18.9. The maximum absolute atomic E-state index is 13.5. The number of amides is 1. The molecule has 2 fully saturated rings. The Hall–Kier alpha value is -1.61. The monoisotopic (exact) mass is 374 g/mol. The van der Waals surface area contributed by atoms with Crippen molar-refractivity contribution in [3.63, 3.8) is 0 Å². The molecule has 2 saturated heterocycles. The number of nitrogens with zero attached hydrogens (tertiary/aromatic N) is 3. The molecule has 6 nitrogen and oxygen atoms in total. The summed E-state index contributed by atoms with van der Waals surface area (Å²) in [4.78, 5) is 14.6. The lowest BCUT2D eigenvalue weighted by Crippen LogP contribution is -2.33. The fourth-order valence-corrected chi connectivity index (χ4v) is 3.68. The van der Waals surface area contributed by atoms with Gasteiger partial charge in [-0.3, -0.25) is 9.48 Å². The van der Waals surface area contributed by atoms with Gasteiger partial charge in [0.25, 0.3) is 5.91 Å². The van der Waals surface area contributed by atoms with Crippen LogP contribution in [0.25, 0.3) is 0 Å². The molecule has 1 unspecified atom stereocenters. The Bertz CT molecular complexity index is 645. The summed E-state index contributed by atoms with van der Waals surface area (Å²) in [5.74, 6) is -0.732. The average Bonchev–Trinajstić information content (AvgIpc) is 3.21. The number of carbonyl (C=O) groups excluding carboxylic acids is 1. The molecule has 2 aliphatic rings. The number of alkyl halides is 3. The zero-order valence-electron chi connectivity index (χ0n) is 15.1. The van der Waals surface area contributed by atoms with Crippen LogP contribution in [0.5, 0.6) is 0 Å². The van der Waals surface area contributed by atoms with Crippen LogP contribution in [0.2, 0.25) is 0 Å². The first-order valence-electron chi connectivity index (χ1n) is 9.02. The highest BCUT2D eigenvalue weighted by Gasteiger charge is 2.41. The van der Waals surface area contributed by atoms with Gasteiger partial charge in [0.05, 0.1) is 17.7 Å². The van der Waals surface area contributed by atoms with Gasteiger partial charge in [0.15, 0.2) is 5.69 Å². The second-order valence-corrected chi connectivity index (χ2v) is 7.13. The lowest BCUT2D eigenvalue weighted by atomic mass is 10.1. The van der Waals surface area contributed by atoms with Crippen LogP contribution in [0.15, 0.2) is 0 Å². The molecule has 1 amide bonds. The third-order valence-electron chi connectivity index (χ3n) is 5.19. The Morgan fingerprint density at radius 2 is 2.00 bits per heavy atom. The van der Waals surface area contributed by atoms with Gasteiger partial charge in [-0.15, -0.1) is 0 Å². The quantitative estimate of drug-likeness (QED) is 0.879. The van der Waals surface area contributed by atoms with Crippen molar-refractivity contribution in [1.29, 1.82) is 0 Å². The van der Waals surface area contributed by atoms with E-state index in [1.165, 1.54) is 4.68 Å². The number of nitrogens with one attached hydrogen (secondary N) is 1. The number of hydrogen-bond donors (Lipinski definition) is 1. The van der Waals surface area contributed by atoms with Crippen LogP contribution in [0.1, 0.15) is 53.5 Å². The largest absolute Gasteiger partial charge is 0.435 e. The number of rotatable bonds is 4. The third-order valence-corrected chi connectivity index (χ3v) is 5.19. The van der Waals surface area contributed by atoms with Crippen LogP contribution in [-0.2, 0) is 10.9 Å². The second-order valence-electron chi connectivity index (χ2n) is 7.13. The van der Waals surface area contributed by atoms with Crippen LogP contribution >= 0.6 is 0 Å². The van der Waals surface area contributed by atoms with Crippen molar-refractivity contribution < 1.29 is 22.7 Å². The molecule has 2 aliphatic heterocycles. The Balaban J connectivity index is 1.83. The van der Waals surface area contributed by atoms with E-state index in [4.69, 9.17) is 4.74 Å². The minimum Gasteiger partial charge on any atom is -0.376 e. The summed E-state index contributed by atoms with van der Waals surface area (Å²) in [7, 11) is 1.98. The summed E-state index contributed by atoms with van der Waals surface area (Å²) < 4.78 is 47.3. The van der Waals surface area contributed by atoms with E-state index < -0.39 is 17.8 Å². The van der Waals surface area contributed by atoms with Crippen LogP contribution in [0.3, 0.4) is 0 Å². The molecule has 1 atom stereocenters. The number of halogens is 3. The van der Waals surface area contributed by atoms with E-state index in [-0.39, 0.29) is 29.9 Å². The molecule has 3 heterocycles. The Morgan fingerprint density at radius 3 is 2.58 bits per heavy atom. The van der Waals surface area contributed by atoms with Crippen LogP contribution in [0, 0.1) is 6.92 Å².